The molecule has 34 heavy (non-hydrogen) atoms. The van der Waals surface area contributed by atoms with E-state index < -0.39 is 17.4 Å². The van der Waals surface area contributed by atoms with Gasteiger partial charge in [-0.25, -0.2) is 14.1 Å². The molecular formula is C24H25FN4O5. The second kappa shape index (κ2) is 8.28. The summed E-state index contributed by atoms with van der Waals surface area (Å²) in [6.45, 7) is 5.50. The van der Waals surface area contributed by atoms with Crippen LogP contribution in [-0.2, 0) is 10.3 Å². The van der Waals surface area contributed by atoms with Crippen molar-refractivity contribution in [1.82, 2.24) is 15.1 Å². The molecule has 0 bridgehead atoms. The minimum Gasteiger partial charge on any atom is -0.454 e. The van der Waals surface area contributed by atoms with Gasteiger partial charge in [0.1, 0.15) is 11.4 Å². The first-order chi connectivity index (χ1) is 16.3. The summed E-state index contributed by atoms with van der Waals surface area (Å²) in [7, 11) is 0. The average Bonchev–Trinajstić information content (AvgIpc) is 3.38. The fraction of sp³-hybridized carbons (Fsp3) is 0.375. The smallest absolute Gasteiger partial charge is 0.326 e. The number of hydrogen-bond donors (Lipinski definition) is 1. The second-order valence-corrected chi connectivity index (χ2v) is 8.83. The summed E-state index contributed by atoms with van der Waals surface area (Å²) in [5.74, 6) is 0.182. The Balaban J connectivity index is 1.24. The molecular weight excluding hydrogens is 443 g/mol. The number of nitrogens with zero attached hydrogens (tertiary/aromatic N) is 3. The van der Waals surface area contributed by atoms with Gasteiger partial charge in [0.15, 0.2) is 17.3 Å². The van der Waals surface area contributed by atoms with Crippen molar-refractivity contribution in [2.75, 3.05) is 44.5 Å². The zero-order chi connectivity index (χ0) is 24.0. The van der Waals surface area contributed by atoms with E-state index in [0.717, 1.165) is 0 Å². The first kappa shape index (κ1) is 22.1. The molecule has 0 spiro atoms. The van der Waals surface area contributed by atoms with Gasteiger partial charge in [-0.05, 0) is 49.7 Å². The molecule has 2 fully saturated rings. The van der Waals surface area contributed by atoms with Crippen LogP contribution in [0, 0.1) is 5.82 Å². The van der Waals surface area contributed by atoms with Crippen LogP contribution in [0.15, 0.2) is 36.4 Å². The molecule has 0 saturated carbocycles. The predicted octanol–water partition coefficient (Wildman–Crippen LogP) is 2.30. The average molecular weight is 468 g/mol. The number of ether oxygens (including phenoxy) is 2. The van der Waals surface area contributed by atoms with E-state index in [2.05, 4.69) is 5.32 Å². The van der Waals surface area contributed by atoms with Crippen molar-refractivity contribution in [3.05, 3.63) is 53.3 Å². The number of imide groups is 1. The standard InChI is InChI=1S/C24H25FN4O5/c1-15(30)16-3-5-19(18(25)11-16)28-9-7-27(8-10-28)13-29-22(31)24(2,26-23(29)32)17-4-6-20-21(12-17)34-14-33-20/h3-6,11-12H,7-10,13-14H2,1-2H3,(H,26,32)/t24-/m1/s1. The molecule has 9 nitrogen and oxygen atoms in total. The van der Waals surface area contributed by atoms with Crippen LogP contribution in [0.4, 0.5) is 14.9 Å². The van der Waals surface area contributed by atoms with Gasteiger partial charge in [0.25, 0.3) is 5.91 Å². The second-order valence-electron chi connectivity index (χ2n) is 8.83. The summed E-state index contributed by atoms with van der Waals surface area (Å²) < 4.78 is 25.3. The lowest BCUT2D eigenvalue weighted by atomic mass is 9.92. The van der Waals surface area contributed by atoms with Crippen molar-refractivity contribution in [3.63, 3.8) is 0 Å². The van der Waals surface area contributed by atoms with Crippen LogP contribution in [0.2, 0.25) is 0 Å². The van der Waals surface area contributed by atoms with Gasteiger partial charge >= 0.3 is 6.03 Å². The van der Waals surface area contributed by atoms with Gasteiger partial charge in [0.05, 0.1) is 12.4 Å². The first-order valence-corrected chi connectivity index (χ1v) is 11.1. The summed E-state index contributed by atoms with van der Waals surface area (Å²) in [4.78, 5) is 42.6. The number of amides is 3. The number of halogens is 1. The molecule has 3 aliphatic rings. The van der Waals surface area contributed by atoms with Gasteiger partial charge in [0, 0.05) is 31.7 Å². The van der Waals surface area contributed by atoms with Gasteiger partial charge in [-0.15, -0.1) is 0 Å². The number of fused-ring (bicyclic) bond motifs is 1. The van der Waals surface area contributed by atoms with Gasteiger partial charge in [-0.1, -0.05) is 6.07 Å². The third kappa shape index (κ3) is 3.73. The summed E-state index contributed by atoms with van der Waals surface area (Å²) in [5.41, 5.74) is 0.187. The highest BCUT2D eigenvalue weighted by Crippen LogP contribution is 2.38. The number of urea groups is 1. The summed E-state index contributed by atoms with van der Waals surface area (Å²) in [6, 6.07) is 9.24. The molecule has 178 valence electrons. The fourth-order valence-electron chi connectivity index (χ4n) is 4.54. The molecule has 1 N–H and O–H groups in total. The Labute approximate surface area is 196 Å². The maximum atomic E-state index is 14.5. The minimum atomic E-state index is -1.21. The summed E-state index contributed by atoms with van der Waals surface area (Å²) >= 11 is 0. The Hall–Kier alpha value is -3.66. The fourth-order valence-corrected chi connectivity index (χ4v) is 4.54. The van der Waals surface area contributed by atoms with E-state index in [1.54, 1.807) is 37.3 Å². The lowest BCUT2D eigenvalue weighted by Gasteiger charge is -2.37. The van der Waals surface area contributed by atoms with Crippen molar-refractivity contribution in [3.8, 4) is 11.5 Å². The molecule has 2 saturated heterocycles. The van der Waals surface area contributed by atoms with E-state index in [0.29, 0.717) is 54.5 Å². The van der Waals surface area contributed by atoms with Crippen LogP contribution < -0.4 is 19.7 Å². The molecule has 3 aliphatic heterocycles. The van der Waals surface area contributed by atoms with Crippen LogP contribution in [0.5, 0.6) is 11.5 Å². The Morgan fingerprint density at radius 3 is 2.50 bits per heavy atom. The Morgan fingerprint density at radius 1 is 1.06 bits per heavy atom. The maximum Gasteiger partial charge on any atom is 0.326 e. The lowest BCUT2D eigenvalue weighted by Crippen LogP contribution is -2.51. The molecule has 0 unspecified atom stereocenters. The molecule has 10 heteroatoms. The lowest BCUT2D eigenvalue weighted by molar-refractivity contribution is -0.132. The van der Waals surface area contributed by atoms with Crippen LogP contribution >= 0.6 is 0 Å². The van der Waals surface area contributed by atoms with E-state index in [9.17, 15) is 18.8 Å². The molecule has 1 atom stereocenters. The van der Waals surface area contributed by atoms with Crippen LogP contribution in [0.1, 0.15) is 29.8 Å². The van der Waals surface area contributed by atoms with Gasteiger partial charge in [-0.2, -0.15) is 0 Å². The van der Waals surface area contributed by atoms with Gasteiger partial charge < -0.3 is 19.7 Å². The minimum absolute atomic E-state index is 0.124. The number of carbonyl (C=O) groups is 3. The third-order valence-electron chi connectivity index (χ3n) is 6.63. The van der Waals surface area contributed by atoms with Gasteiger partial charge in [-0.3, -0.25) is 14.5 Å². The van der Waals surface area contributed by atoms with Crippen molar-refractivity contribution in [2.24, 2.45) is 0 Å². The van der Waals surface area contributed by atoms with Gasteiger partial charge in [0.2, 0.25) is 6.79 Å². The molecule has 0 radical (unpaired) electrons. The zero-order valence-electron chi connectivity index (χ0n) is 19.0. The number of piperazine rings is 1. The molecule has 3 heterocycles. The monoisotopic (exact) mass is 468 g/mol. The molecule has 5 rings (SSSR count). The Kier molecular flexibility index (Phi) is 5.40. The molecule has 0 aromatic heterocycles. The van der Waals surface area contributed by atoms with E-state index in [-0.39, 0.29) is 25.2 Å². The maximum absolute atomic E-state index is 14.5. The third-order valence-corrected chi connectivity index (χ3v) is 6.63. The predicted molar refractivity (Wildman–Crippen MR) is 120 cm³/mol. The SMILES string of the molecule is CC(=O)c1ccc(N2CCN(CN3C(=O)N[C@](C)(c4ccc5c(c4)OCO5)C3=O)CC2)c(F)c1. The van der Waals surface area contributed by atoms with Crippen LogP contribution in [0.25, 0.3) is 0 Å². The number of benzene rings is 2. The molecule has 2 aromatic rings. The number of anilines is 1. The number of nitrogens with one attached hydrogen (secondary N) is 1. The number of ketones is 1. The Bertz CT molecular complexity index is 1180. The summed E-state index contributed by atoms with van der Waals surface area (Å²) in [5, 5.41) is 2.81. The normalized spacial score (nSPS) is 22.3. The zero-order valence-corrected chi connectivity index (χ0v) is 19.0. The molecule has 3 amide bonds. The van der Waals surface area contributed by atoms with E-state index in [1.807, 2.05) is 9.80 Å². The van der Waals surface area contributed by atoms with Crippen molar-refractivity contribution in [1.29, 1.82) is 0 Å². The highest BCUT2D eigenvalue weighted by molar-refractivity contribution is 6.07. The largest absolute Gasteiger partial charge is 0.454 e. The topological polar surface area (TPSA) is 91.4 Å². The number of carbonyl (C=O) groups excluding carboxylic acids is 3. The Morgan fingerprint density at radius 2 is 1.79 bits per heavy atom. The summed E-state index contributed by atoms with van der Waals surface area (Å²) in [6.07, 6.45) is 0. The van der Waals surface area contributed by atoms with E-state index >= 15 is 0 Å². The number of rotatable bonds is 5. The van der Waals surface area contributed by atoms with Crippen LogP contribution in [-0.4, -0.2) is 67.2 Å². The number of Topliss-reactive ketones (excluding diaryl/α,β-unsaturated/α-hetero) is 1. The van der Waals surface area contributed by atoms with E-state index in [4.69, 9.17) is 9.47 Å². The highest BCUT2D eigenvalue weighted by atomic mass is 19.1. The molecule has 0 aliphatic carbocycles. The van der Waals surface area contributed by atoms with Crippen molar-refractivity contribution >= 4 is 23.4 Å². The highest BCUT2D eigenvalue weighted by Gasteiger charge is 2.49. The molecule has 2 aromatic carbocycles. The number of hydrogen-bond acceptors (Lipinski definition) is 7. The van der Waals surface area contributed by atoms with Crippen LogP contribution in [0.3, 0.4) is 0 Å². The first-order valence-electron chi connectivity index (χ1n) is 11.1. The van der Waals surface area contributed by atoms with Crippen molar-refractivity contribution in [2.45, 2.75) is 19.4 Å². The van der Waals surface area contributed by atoms with Crippen molar-refractivity contribution < 1.29 is 28.2 Å². The quantitative estimate of drug-likeness (QED) is 0.532. The van der Waals surface area contributed by atoms with E-state index in [1.165, 1.54) is 17.9 Å².